The van der Waals surface area contributed by atoms with Crippen LogP contribution in [0.25, 0.3) is 0 Å². The fraction of sp³-hybridized carbons (Fsp3) is 0.158. The predicted molar refractivity (Wildman–Crippen MR) is 102 cm³/mol. The van der Waals surface area contributed by atoms with Gasteiger partial charge >= 0.3 is 6.01 Å². The number of benzene rings is 2. The number of halogens is 1. The summed E-state index contributed by atoms with van der Waals surface area (Å²) in [4.78, 5) is 25.4. The Hall–Kier alpha value is -3.75. The number of rotatable bonds is 7. The minimum absolute atomic E-state index is 0.0282. The van der Waals surface area contributed by atoms with E-state index in [9.17, 15) is 9.18 Å². The molecule has 8 nitrogen and oxygen atoms in total. The van der Waals surface area contributed by atoms with Crippen LogP contribution in [0.15, 0.2) is 42.5 Å². The number of nitrogens with zero attached hydrogens (tertiary/aromatic N) is 4. The van der Waals surface area contributed by atoms with E-state index in [2.05, 4.69) is 20.3 Å². The third-order valence-corrected chi connectivity index (χ3v) is 3.63. The lowest BCUT2D eigenvalue weighted by molar-refractivity contribution is 0.112. The van der Waals surface area contributed by atoms with E-state index in [4.69, 9.17) is 9.47 Å². The number of carbonyl (C=O) groups excluding carboxylic acids is 1. The zero-order valence-electron chi connectivity index (χ0n) is 15.5. The summed E-state index contributed by atoms with van der Waals surface area (Å²) in [5.74, 6) is 0.952. The van der Waals surface area contributed by atoms with Crippen molar-refractivity contribution in [1.82, 2.24) is 15.0 Å². The molecule has 0 radical (unpaired) electrons. The summed E-state index contributed by atoms with van der Waals surface area (Å²) in [6.45, 7) is 0. The van der Waals surface area contributed by atoms with Crippen LogP contribution in [0.4, 0.5) is 22.0 Å². The Morgan fingerprint density at radius 1 is 1.04 bits per heavy atom. The molecule has 1 aromatic heterocycles. The second-order valence-corrected chi connectivity index (χ2v) is 5.90. The monoisotopic (exact) mass is 383 g/mol. The molecular formula is C19H18FN5O3. The highest BCUT2D eigenvalue weighted by molar-refractivity contribution is 5.76. The van der Waals surface area contributed by atoms with Crippen LogP contribution in [-0.2, 0) is 0 Å². The molecule has 3 aromatic rings. The minimum Gasteiger partial charge on any atom is -0.493 e. The fourth-order valence-electron chi connectivity index (χ4n) is 2.25. The molecule has 0 fully saturated rings. The summed E-state index contributed by atoms with van der Waals surface area (Å²) >= 11 is 0. The molecule has 0 saturated carbocycles. The quantitative estimate of drug-likeness (QED) is 0.621. The summed E-state index contributed by atoms with van der Waals surface area (Å²) in [7, 11) is 5.03. The van der Waals surface area contributed by atoms with Crippen LogP contribution in [0.5, 0.6) is 17.5 Å². The Kier molecular flexibility index (Phi) is 5.64. The van der Waals surface area contributed by atoms with Crippen molar-refractivity contribution in [1.29, 1.82) is 0 Å². The first-order valence-electron chi connectivity index (χ1n) is 8.25. The first kappa shape index (κ1) is 19.0. The van der Waals surface area contributed by atoms with Crippen LogP contribution >= 0.6 is 0 Å². The van der Waals surface area contributed by atoms with Crippen LogP contribution in [0.3, 0.4) is 0 Å². The number of aromatic nitrogens is 3. The first-order chi connectivity index (χ1) is 13.5. The van der Waals surface area contributed by atoms with E-state index < -0.39 is 0 Å². The lowest BCUT2D eigenvalue weighted by Crippen LogP contribution is -2.15. The number of carbonyl (C=O) groups is 1. The summed E-state index contributed by atoms with van der Waals surface area (Å²) in [5.41, 5.74) is 1.06. The summed E-state index contributed by atoms with van der Waals surface area (Å²) in [5, 5.41) is 2.99. The van der Waals surface area contributed by atoms with E-state index in [0.717, 1.165) is 0 Å². The topological polar surface area (TPSA) is 89.5 Å². The van der Waals surface area contributed by atoms with Crippen molar-refractivity contribution < 1.29 is 18.7 Å². The van der Waals surface area contributed by atoms with Crippen molar-refractivity contribution in [2.45, 2.75) is 0 Å². The van der Waals surface area contributed by atoms with E-state index in [0.29, 0.717) is 35.0 Å². The zero-order chi connectivity index (χ0) is 20.1. The normalized spacial score (nSPS) is 10.3. The molecule has 1 N–H and O–H groups in total. The van der Waals surface area contributed by atoms with E-state index in [-0.39, 0.29) is 17.8 Å². The van der Waals surface area contributed by atoms with E-state index in [1.807, 2.05) is 0 Å². The second kappa shape index (κ2) is 8.30. The molecule has 0 atom stereocenters. The van der Waals surface area contributed by atoms with Gasteiger partial charge in [0.25, 0.3) is 0 Å². The van der Waals surface area contributed by atoms with Gasteiger partial charge in [-0.05, 0) is 42.5 Å². The molecule has 0 spiro atoms. The number of hydrogen-bond donors (Lipinski definition) is 1. The van der Waals surface area contributed by atoms with Gasteiger partial charge in [0.05, 0.1) is 7.11 Å². The van der Waals surface area contributed by atoms with Gasteiger partial charge in [-0.1, -0.05) is 0 Å². The van der Waals surface area contributed by atoms with Gasteiger partial charge in [-0.3, -0.25) is 4.79 Å². The molecule has 0 unspecified atom stereocenters. The van der Waals surface area contributed by atoms with Gasteiger partial charge in [-0.25, -0.2) is 4.39 Å². The van der Waals surface area contributed by atoms with Gasteiger partial charge in [0, 0.05) is 25.3 Å². The van der Waals surface area contributed by atoms with Gasteiger partial charge in [0.15, 0.2) is 11.5 Å². The van der Waals surface area contributed by atoms with E-state index >= 15 is 0 Å². The van der Waals surface area contributed by atoms with Crippen molar-refractivity contribution >= 4 is 23.9 Å². The number of hydrogen-bond acceptors (Lipinski definition) is 8. The van der Waals surface area contributed by atoms with E-state index in [1.165, 1.54) is 19.2 Å². The molecule has 0 bridgehead atoms. The fourth-order valence-corrected chi connectivity index (χ4v) is 2.25. The molecule has 0 amide bonds. The van der Waals surface area contributed by atoms with Crippen molar-refractivity contribution in [3.63, 3.8) is 0 Å². The predicted octanol–water partition coefficient (Wildman–Crippen LogP) is 3.43. The van der Waals surface area contributed by atoms with Crippen LogP contribution in [0.1, 0.15) is 10.4 Å². The zero-order valence-corrected chi connectivity index (χ0v) is 15.5. The lowest BCUT2D eigenvalue weighted by atomic mass is 10.2. The molecule has 2 aromatic carbocycles. The maximum absolute atomic E-state index is 13.1. The summed E-state index contributed by atoms with van der Waals surface area (Å²) in [6.07, 6.45) is 0.712. The minimum atomic E-state index is -0.343. The number of methoxy groups -OCH3 is 1. The number of ether oxygens (including phenoxy) is 2. The average molecular weight is 383 g/mol. The Bertz CT molecular complexity index is 980. The molecule has 0 aliphatic heterocycles. The molecule has 0 saturated heterocycles. The molecule has 0 aliphatic rings. The summed E-state index contributed by atoms with van der Waals surface area (Å²) in [6, 6.07) is 10.5. The van der Waals surface area contributed by atoms with Gasteiger partial charge < -0.3 is 19.7 Å². The number of anilines is 3. The van der Waals surface area contributed by atoms with Crippen LogP contribution < -0.4 is 19.7 Å². The highest BCUT2D eigenvalue weighted by Crippen LogP contribution is 2.31. The average Bonchev–Trinajstić information content (AvgIpc) is 2.70. The maximum Gasteiger partial charge on any atom is 0.328 e. The van der Waals surface area contributed by atoms with Gasteiger partial charge in [-0.2, -0.15) is 15.0 Å². The van der Waals surface area contributed by atoms with Crippen molar-refractivity contribution in [2.24, 2.45) is 0 Å². The Labute approximate surface area is 161 Å². The van der Waals surface area contributed by atoms with Crippen molar-refractivity contribution in [3.8, 4) is 17.5 Å². The second-order valence-electron chi connectivity index (χ2n) is 5.90. The molecule has 144 valence electrons. The Morgan fingerprint density at radius 3 is 2.43 bits per heavy atom. The molecule has 28 heavy (non-hydrogen) atoms. The van der Waals surface area contributed by atoms with Gasteiger partial charge in [0.1, 0.15) is 12.1 Å². The molecule has 3 rings (SSSR count). The SMILES string of the molecule is COc1cc(C=O)ccc1Oc1nc(Nc2ccc(F)cc2)nc(N(C)C)n1. The highest BCUT2D eigenvalue weighted by atomic mass is 19.1. The Balaban J connectivity index is 1.93. The number of aldehydes is 1. The van der Waals surface area contributed by atoms with Crippen LogP contribution in [0, 0.1) is 5.82 Å². The molecule has 0 aliphatic carbocycles. The molecule has 9 heteroatoms. The third kappa shape index (κ3) is 4.50. The van der Waals surface area contributed by atoms with Crippen molar-refractivity contribution in [2.75, 3.05) is 31.4 Å². The largest absolute Gasteiger partial charge is 0.493 e. The van der Waals surface area contributed by atoms with E-state index in [1.54, 1.807) is 49.3 Å². The third-order valence-electron chi connectivity index (χ3n) is 3.63. The molecule has 1 heterocycles. The van der Waals surface area contributed by atoms with Crippen LogP contribution in [0.2, 0.25) is 0 Å². The summed E-state index contributed by atoms with van der Waals surface area (Å²) < 4.78 is 24.1. The Morgan fingerprint density at radius 2 is 1.79 bits per heavy atom. The van der Waals surface area contributed by atoms with Gasteiger partial charge in [0.2, 0.25) is 11.9 Å². The lowest BCUT2D eigenvalue weighted by Gasteiger charge is -2.14. The van der Waals surface area contributed by atoms with Crippen LogP contribution in [-0.4, -0.2) is 42.4 Å². The maximum atomic E-state index is 13.1. The molecular weight excluding hydrogens is 365 g/mol. The van der Waals surface area contributed by atoms with Crippen molar-refractivity contribution in [3.05, 3.63) is 53.8 Å². The highest BCUT2D eigenvalue weighted by Gasteiger charge is 2.13. The first-order valence-corrected chi connectivity index (χ1v) is 8.25. The smallest absolute Gasteiger partial charge is 0.328 e. The standard InChI is InChI=1S/C19H18FN5O3/c1-25(2)18-22-17(21-14-7-5-13(20)6-8-14)23-19(24-18)28-15-9-4-12(11-26)10-16(15)27-3/h4-11H,1-3H3,(H,21,22,23,24). The number of nitrogens with one attached hydrogen (secondary N) is 1. The van der Waals surface area contributed by atoms with Gasteiger partial charge in [-0.15, -0.1) is 0 Å².